The summed E-state index contributed by atoms with van der Waals surface area (Å²) in [5.74, 6) is 0.181. The first-order valence-corrected chi connectivity index (χ1v) is 7.63. The van der Waals surface area contributed by atoms with Gasteiger partial charge in [0.15, 0.2) is 0 Å². The summed E-state index contributed by atoms with van der Waals surface area (Å²) >= 11 is 7.07. The third-order valence-corrected chi connectivity index (χ3v) is 4.30. The zero-order valence-corrected chi connectivity index (χ0v) is 12.9. The number of aromatic nitrogens is 1. The first-order chi connectivity index (χ1) is 10.0. The van der Waals surface area contributed by atoms with Gasteiger partial charge in [-0.2, -0.15) is 0 Å². The predicted octanol–water partition coefficient (Wildman–Crippen LogP) is 2.93. The van der Waals surface area contributed by atoms with Crippen LogP contribution in [0.15, 0.2) is 27.9 Å². The van der Waals surface area contributed by atoms with Crippen molar-refractivity contribution in [1.29, 1.82) is 0 Å². The summed E-state index contributed by atoms with van der Waals surface area (Å²) in [5, 5.41) is 11.2. The van der Waals surface area contributed by atoms with Gasteiger partial charge in [-0.15, -0.1) is 11.8 Å². The normalized spacial score (nSPS) is 10.8. The molecule has 0 unspecified atom stereocenters. The average Bonchev–Trinajstić information content (AvgIpc) is 2.45. The Balaban J connectivity index is 2.18. The van der Waals surface area contributed by atoms with Gasteiger partial charge in [0.05, 0.1) is 12.6 Å². The number of pyridine rings is 1. The van der Waals surface area contributed by atoms with Crippen LogP contribution in [0.5, 0.6) is 5.75 Å². The van der Waals surface area contributed by atoms with Crippen LogP contribution >= 0.6 is 23.4 Å². The summed E-state index contributed by atoms with van der Waals surface area (Å²) < 4.78 is 4.54. The van der Waals surface area contributed by atoms with Crippen LogP contribution in [-0.2, 0) is 9.53 Å². The first kappa shape index (κ1) is 15.7. The highest BCUT2D eigenvalue weighted by atomic mass is 35.5. The Hall–Kier alpha value is -1.66. The number of fused-ring (bicyclic) bond motifs is 1. The van der Waals surface area contributed by atoms with E-state index in [1.54, 1.807) is 18.2 Å². The second-order valence-electron chi connectivity index (χ2n) is 4.35. The summed E-state index contributed by atoms with van der Waals surface area (Å²) in [6.07, 6.45) is 0.847. The molecule has 0 fully saturated rings. The van der Waals surface area contributed by atoms with Crippen molar-refractivity contribution in [2.24, 2.45) is 0 Å². The fraction of sp³-hybridized carbons (Fsp3) is 0.286. The molecule has 0 spiro atoms. The van der Waals surface area contributed by atoms with Crippen molar-refractivity contribution in [1.82, 2.24) is 4.98 Å². The van der Waals surface area contributed by atoms with E-state index in [1.807, 2.05) is 0 Å². The lowest BCUT2D eigenvalue weighted by molar-refractivity contribution is -0.140. The van der Waals surface area contributed by atoms with Gasteiger partial charge >= 0.3 is 5.97 Å². The molecule has 0 atom stereocenters. The fourth-order valence-corrected chi connectivity index (χ4v) is 2.96. The van der Waals surface area contributed by atoms with Crippen molar-refractivity contribution in [3.8, 4) is 5.75 Å². The van der Waals surface area contributed by atoms with E-state index in [9.17, 15) is 14.7 Å². The summed E-state index contributed by atoms with van der Waals surface area (Å²) in [6.45, 7) is 0. The van der Waals surface area contributed by atoms with Gasteiger partial charge in [-0.1, -0.05) is 11.6 Å². The number of methoxy groups -OCH3 is 1. The number of aromatic hydroxyl groups is 1. The molecular weight excluding hydrogens is 314 g/mol. The molecule has 2 rings (SSSR count). The van der Waals surface area contributed by atoms with Crippen molar-refractivity contribution in [2.75, 3.05) is 12.9 Å². The van der Waals surface area contributed by atoms with Crippen molar-refractivity contribution in [3.63, 3.8) is 0 Å². The smallest absolute Gasteiger partial charge is 0.305 e. The lowest BCUT2D eigenvalue weighted by atomic mass is 10.2. The molecule has 112 valence electrons. The van der Waals surface area contributed by atoms with Crippen molar-refractivity contribution in [3.05, 3.63) is 33.6 Å². The number of carbonyl (C=O) groups excluding carboxylic acids is 1. The molecule has 0 amide bonds. The molecule has 1 heterocycles. The molecule has 1 aromatic carbocycles. The van der Waals surface area contributed by atoms with E-state index in [-0.39, 0.29) is 28.6 Å². The standard InChI is InChI=1S/C14H14ClNO4S/c1-20-11(17)3-2-6-21-13-12(18)9-5-4-8(15)7-10(9)16-14(13)19/h4-5,7H,2-3,6H2,1H3,(H2,16,18,19). The van der Waals surface area contributed by atoms with Gasteiger partial charge in [-0.3, -0.25) is 9.59 Å². The molecule has 7 heteroatoms. The average molecular weight is 328 g/mol. The number of carbonyl (C=O) groups is 1. The molecule has 21 heavy (non-hydrogen) atoms. The van der Waals surface area contributed by atoms with Crippen LogP contribution in [0, 0.1) is 0 Å². The number of hydrogen-bond acceptors (Lipinski definition) is 5. The molecule has 2 N–H and O–H groups in total. The zero-order valence-electron chi connectivity index (χ0n) is 11.3. The number of rotatable bonds is 5. The van der Waals surface area contributed by atoms with Gasteiger partial charge in [0.25, 0.3) is 5.56 Å². The molecule has 1 aromatic heterocycles. The third kappa shape index (κ3) is 3.71. The number of thioether (sulfide) groups is 1. The fourth-order valence-electron chi connectivity index (χ4n) is 1.86. The van der Waals surface area contributed by atoms with Gasteiger partial charge in [0.2, 0.25) is 0 Å². The van der Waals surface area contributed by atoms with E-state index >= 15 is 0 Å². The molecule has 0 bridgehead atoms. The predicted molar refractivity (Wildman–Crippen MR) is 83.2 cm³/mol. The largest absolute Gasteiger partial charge is 0.506 e. The summed E-state index contributed by atoms with van der Waals surface area (Å²) in [6, 6.07) is 4.89. The quantitative estimate of drug-likeness (QED) is 0.501. The SMILES string of the molecule is COC(=O)CCCSc1c(O)c2ccc(Cl)cc2[nH]c1=O. The molecular formula is C14H14ClNO4S. The zero-order chi connectivity index (χ0) is 15.4. The lowest BCUT2D eigenvalue weighted by Crippen LogP contribution is -2.09. The molecule has 0 saturated carbocycles. The molecule has 2 aromatic rings. The highest BCUT2D eigenvalue weighted by Crippen LogP contribution is 2.32. The maximum atomic E-state index is 12.0. The van der Waals surface area contributed by atoms with Crippen molar-refractivity contribution >= 4 is 40.2 Å². The van der Waals surface area contributed by atoms with Crippen molar-refractivity contribution in [2.45, 2.75) is 17.7 Å². The van der Waals surface area contributed by atoms with Gasteiger partial charge in [-0.25, -0.2) is 0 Å². The molecule has 0 saturated heterocycles. The molecule has 0 radical (unpaired) electrons. The highest BCUT2D eigenvalue weighted by Gasteiger charge is 2.13. The second-order valence-corrected chi connectivity index (χ2v) is 5.89. The number of nitrogens with one attached hydrogen (secondary N) is 1. The maximum absolute atomic E-state index is 12.0. The maximum Gasteiger partial charge on any atom is 0.305 e. The monoisotopic (exact) mass is 327 g/mol. The minimum Gasteiger partial charge on any atom is -0.506 e. The van der Waals surface area contributed by atoms with Gasteiger partial charge in [0.1, 0.15) is 10.6 Å². The van der Waals surface area contributed by atoms with Gasteiger partial charge < -0.3 is 14.8 Å². The van der Waals surface area contributed by atoms with E-state index in [0.29, 0.717) is 28.1 Å². The van der Waals surface area contributed by atoms with Crippen LogP contribution < -0.4 is 5.56 Å². The Kier molecular flexibility index (Phi) is 5.14. The van der Waals surface area contributed by atoms with Crippen LogP contribution in [0.1, 0.15) is 12.8 Å². The van der Waals surface area contributed by atoms with E-state index in [0.717, 1.165) is 0 Å². The van der Waals surface area contributed by atoms with Crippen LogP contribution in [0.25, 0.3) is 10.9 Å². The van der Waals surface area contributed by atoms with Crippen LogP contribution in [0.4, 0.5) is 0 Å². The Bertz CT molecular complexity index is 729. The third-order valence-electron chi connectivity index (χ3n) is 2.91. The van der Waals surface area contributed by atoms with Crippen molar-refractivity contribution < 1.29 is 14.6 Å². The summed E-state index contributed by atoms with van der Waals surface area (Å²) in [7, 11) is 1.33. The number of aromatic amines is 1. The summed E-state index contributed by atoms with van der Waals surface area (Å²) in [5.41, 5.74) is 0.120. The number of benzene rings is 1. The van der Waals surface area contributed by atoms with E-state index in [4.69, 9.17) is 11.6 Å². The lowest BCUT2D eigenvalue weighted by Gasteiger charge is -2.07. The molecule has 0 aliphatic carbocycles. The topological polar surface area (TPSA) is 79.4 Å². The Morgan fingerprint density at radius 2 is 2.24 bits per heavy atom. The molecule has 0 aliphatic rings. The number of esters is 1. The number of halogens is 1. The first-order valence-electron chi connectivity index (χ1n) is 6.27. The van der Waals surface area contributed by atoms with E-state index in [1.165, 1.54) is 18.9 Å². The second kappa shape index (κ2) is 6.87. The van der Waals surface area contributed by atoms with Crippen LogP contribution in [0.2, 0.25) is 5.02 Å². The highest BCUT2D eigenvalue weighted by molar-refractivity contribution is 7.99. The number of hydrogen-bond donors (Lipinski definition) is 2. The number of H-pyrrole nitrogens is 1. The molecule has 5 nitrogen and oxygen atoms in total. The van der Waals surface area contributed by atoms with E-state index in [2.05, 4.69) is 9.72 Å². The summed E-state index contributed by atoms with van der Waals surface area (Å²) in [4.78, 5) is 25.9. The van der Waals surface area contributed by atoms with E-state index < -0.39 is 0 Å². The number of ether oxygens (including phenoxy) is 1. The Labute approximate surface area is 130 Å². The van der Waals surface area contributed by atoms with Crippen LogP contribution in [-0.4, -0.2) is 28.9 Å². The van der Waals surface area contributed by atoms with Crippen LogP contribution in [0.3, 0.4) is 0 Å². The Morgan fingerprint density at radius 3 is 2.95 bits per heavy atom. The minimum atomic E-state index is -0.370. The van der Waals surface area contributed by atoms with Gasteiger partial charge in [-0.05, 0) is 30.4 Å². The molecule has 0 aliphatic heterocycles. The minimum absolute atomic E-state index is 0.0616. The van der Waals surface area contributed by atoms with Gasteiger partial charge in [0, 0.05) is 16.8 Å². The Morgan fingerprint density at radius 1 is 1.48 bits per heavy atom.